The molecule has 2 amide bonds. The van der Waals surface area contributed by atoms with Gasteiger partial charge in [-0.25, -0.2) is 9.65 Å². The lowest BCUT2D eigenvalue weighted by Gasteiger charge is -2.39. The van der Waals surface area contributed by atoms with E-state index >= 15 is 0 Å². The number of carbonyl (C=O) groups is 2. The van der Waals surface area contributed by atoms with Gasteiger partial charge in [-0.3, -0.25) is 29.3 Å². The number of ether oxygens (including phenoxy) is 5. The molecule has 1 aliphatic rings. The zero-order valence-corrected chi connectivity index (χ0v) is 39.4. The molecular weight excluding hydrogens is 913 g/mol. The number of anilines is 1. The minimum absolute atomic E-state index is 0.0118. The van der Waals surface area contributed by atoms with Gasteiger partial charge in [-0.1, -0.05) is 54.6 Å². The number of amides is 2. The first-order valence-corrected chi connectivity index (χ1v) is 22.7. The van der Waals surface area contributed by atoms with Crippen LogP contribution < -0.4 is 25.7 Å². The fraction of sp³-hybridized carbons (Fsp3) is 0.435. The van der Waals surface area contributed by atoms with Crippen LogP contribution in [0.15, 0.2) is 90.0 Å². The number of nitriles is 1. The van der Waals surface area contributed by atoms with Crippen LogP contribution in [0, 0.1) is 11.3 Å². The van der Waals surface area contributed by atoms with Crippen LogP contribution in [0.2, 0.25) is 0 Å². The number of carbonyl (C=O) groups excluding carboxylic acids is 2. The average molecular weight is 967 g/mol. The van der Waals surface area contributed by atoms with Gasteiger partial charge in [0, 0.05) is 25.6 Å². The van der Waals surface area contributed by atoms with E-state index in [1.165, 1.54) is 17.8 Å². The lowest BCUT2D eigenvalue weighted by atomic mass is 9.80. The first kappa shape index (κ1) is 51.4. The van der Waals surface area contributed by atoms with E-state index in [1.807, 2.05) is 117 Å². The molecule has 18 nitrogen and oxygen atoms in total. The zero-order chi connectivity index (χ0) is 49.2. The minimum atomic E-state index is -5.15. The van der Waals surface area contributed by atoms with Gasteiger partial charge in [-0.15, -0.1) is 0 Å². The molecule has 0 radical (unpaired) electrons. The number of aromatic amines is 1. The summed E-state index contributed by atoms with van der Waals surface area (Å²) in [6.07, 6.45) is -8.72. The number of fused-ring (bicyclic) bond motifs is 1. The molecule has 22 heteroatoms. The molecule has 0 spiro atoms. The van der Waals surface area contributed by atoms with Crippen LogP contribution >= 0.6 is 8.53 Å². The zero-order valence-electron chi connectivity index (χ0n) is 38.5. The summed E-state index contributed by atoms with van der Waals surface area (Å²) in [7, 11) is 1.06. The van der Waals surface area contributed by atoms with Gasteiger partial charge in [0.15, 0.2) is 17.4 Å². The molecule has 1 fully saturated rings. The highest BCUT2D eigenvalue weighted by atomic mass is 31.2. The topological polar surface area (TPSA) is 213 Å². The summed E-state index contributed by atoms with van der Waals surface area (Å²) in [6.45, 7) is 7.70. The van der Waals surface area contributed by atoms with Gasteiger partial charge < -0.3 is 38.0 Å². The Morgan fingerprint density at radius 1 is 0.926 bits per heavy atom. The van der Waals surface area contributed by atoms with Gasteiger partial charge in [-0.05, 0) is 68.7 Å². The number of rotatable bonds is 22. The normalized spacial score (nSPS) is 17.9. The van der Waals surface area contributed by atoms with Crippen LogP contribution in [0.25, 0.3) is 11.2 Å². The van der Waals surface area contributed by atoms with Crippen LogP contribution in [0.1, 0.15) is 64.0 Å². The lowest BCUT2D eigenvalue weighted by Crippen LogP contribution is -2.44. The molecule has 0 aliphatic carbocycles. The van der Waals surface area contributed by atoms with Gasteiger partial charge in [0.2, 0.25) is 11.9 Å². The number of methoxy groups -OCH3 is 2. The molecule has 3 aromatic carbocycles. The summed E-state index contributed by atoms with van der Waals surface area (Å²) in [4.78, 5) is 48.6. The predicted molar refractivity (Wildman–Crippen MR) is 244 cm³/mol. The van der Waals surface area contributed by atoms with Crippen LogP contribution in [0.4, 0.5) is 19.1 Å². The van der Waals surface area contributed by atoms with Crippen molar-refractivity contribution < 1.29 is 55.5 Å². The number of nitrogens with zero attached hydrogens (tertiary/aromatic N) is 5. The Labute approximate surface area is 392 Å². The molecule has 6 rings (SSSR count). The minimum Gasteiger partial charge on any atom is -0.497 e. The molecule has 0 bridgehead atoms. The van der Waals surface area contributed by atoms with Crippen LogP contribution in [0.3, 0.4) is 0 Å². The van der Waals surface area contributed by atoms with Gasteiger partial charge in [0.05, 0.1) is 52.9 Å². The Balaban J connectivity index is 1.54. The van der Waals surface area contributed by atoms with E-state index in [1.54, 1.807) is 14.2 Å². The second kappa shape index (κ2) is 22.9. The smallest absolute Gasteiger partial charge is 0.471 e. The summed E-state index contributed by atoms with van der Waals surface area (Å²) in [6, 6.07) is 26.0. The van der Waals surface area contributed by atoms with Crippen molar-refractivity contribution in [2.24, 2.45) is 0 Å². The number of hydrogen-bond donors (Lipinski definition) is 3. The molecule has 2 aromatic heterocycles. The van der Waals surface area contributed by atoms with E-state index in [2.05, 4.69) is 26.3 Å². The largest absolute Gasteiger partial charge is 0.497 e. The predicted octanol–water partition coefficient (Wildman–Crippen LogP) is 6.73. The molecule has 1 aliphatic heterocycles. The van der Waals surface area contributed by atoms with Gasteiger partial charge in [0.1, 0.15) is 35.4 Å². The quantitative estimate of drug-likeness (QED) is 0.0373. The number of benzene rings is 3. The number of H-pyrrole nitrogens is 1. The number of nitrogens with one attached hydrogen (secondary N) is 3. The summed E-state index contributed by atoms with van der Waals surface area (Å²) < 4.78 is 88.4. The van der Waals surface area contributed by atoms with Crippen molar-refractivity contribution in [3.05, 3.63) is 112 Å². The molecule has 3 N–H and O–H groups in total. The van der Waals surface area contributed by atoms with Crippen LogP contribution in [-0.2, 0) is 38.4 Å². The van der Waals surface area contributed by atoms with Gasteiger partial charge >= 0.3 is 12.1 Å². The number of halogens is 3. The molecule has 3 heterocycles. The van der Waals surface area contributed by atoms with Crippen molar-refractivity contribution >= 4 is 37.5 Å². The lowest BCUT2D eigenvalue weighted by molar-refractivity contribution is -0.174. The molecule has 364 valence electrons. The van der Waals surface area contributed by atoms with E-state index in [9.17, 15) is 32.8 Å². The number of hydrogen-bond acceptors (Lipinski definition) is 14. The van der Waals surface area contributed by atoms with Crippen LogP contribution in [-0.4, -0.2) is 113 Å². The second-order valence-corrected chi connectivity index (χ2v) is 17.4. The van der Waals surface area contributed by atoms with Gasteiger partial charge in [0.25, 0.3) is 14.1 Å². The third-order valence-corrected chi connectivity index (χ3v) is 12.9. The van der Waals surface area contributed by atoms with Crippen molar-refractivity contribution in [2.75, 3.05) is 45.9 Å². The van der Waals surface area contributed by atoms with Gasteiger partial charge in [-0.2, -0.15) is 23.4 Å². The van der Waals surface area contributed by atoms with E-state index in [0.29, 0.717) is 22.6 Å². The molecule has 1 unspecified atom stereocenters. The molecule has 0 saturated carbocycles. The summed E-state index contributed by atoms with van der Waals surface area (Å²) >= 11 is 0. The standard InChI is InChI=1S/C46H54F3N8O10P/c1-28(2)57(29(3)4)68(65-24-11-22-50)67-38-36(26-64-45(31-12-9-8-10-13-31,32-14-18-34(61-6)19-15-32)33-16-20-35(62-7)21-17-33)66-42(39(38)63-25-23-51-43(60)46(47,48)49)56-27-52-37-40(56)54-44(53-30(5)58)55-41(37)59/h8-10,12-21,27-29,36,38-39,42H,11,23-26H2,1-7H3,(H,51,60)(H2,53,54,55,58,59)/t36-,38-,39-,42-,68?/m1/s1. The van der Waals surface area contributed by atoms with E-state index in [-0.39, 0.29) is 48.8 Å². The van der Waals surface area contributed by atoms with Crippen molar-refractivity contribution in [2.45, 2.75) is 89.4 Å². The number of alkyl halides is 3. The monoisotopic (exact) mass is 966 g/mol. The molecule has 68 heavy (non-hydrogen) atoms. The maximum Gasteiger partial charge on any atom is 0.471 e. The van der Waals surface area contributed by atoms with E-state index in [4.69, 9.17) is 32.7 Å². The van der Waals surface area contributed by atoms with Crippen LogP contribution in [0.5, 0.6) is 11.5 Å². The van der Waals surface area contributed by atoms with Crippen molar-refractivity contribution in [1.82, 2.24) is 29.5 Å². The van der Waals surface area contributed by atoms with Crippen molar-refractivity contribution in [1.29, 1.82) is 5.26 Å². The SMILES string of the molecule is COc1ccc(C(OC[C@H]2O[C@@H](n3cnc4c(=O)[nH]c(NC(C)=O)nc43)[C@H](OCCNC(=O)C(F)(F)F)[C@@H]2OP(OCCC#N)N(C(C)C)C(C)C)(c2ccccc2)c2ccc(OC)cc2)cc1. The number of imidazole rings is 1. The first-order valence-electron chi connectivity index (χ1n) is 21.6. The fourth-order valence-corrected chi connectivity index (χ4v) is 9.62. The maximum atomic E-state index is 13.3. The highest BCUT2D eigenvalue weighted by Gasteiger charge is 2.52. The number of aromatic nitrogens is 4. The average Bonchev–Trinajstić information content (AvgIpc) is 3.88. The summed E-state index contributed by atoms with van der Waals surface area (Å²) in [5.41, 5.74) is -0.140. The third-order valence-electron chi connectivity index (χ3n) is 10.8. The summed E-state index contributed by atoms with van der Waals surface area (Å²) in [5.74, 6) is -1.69. The Morgan fingerprint density at radius 2 is 1.53 bits per heavy atom. The Morgan fingerprint density at radius 3 is 2.07 bits per heavy atom. The molecular formula is C46H54F3N8O10P. The maximum absolute atomic E-state index is 13.3. The van der Waals surface area contributed by atoms with Crippen molar-refractivity contribution in [3.63, 3.8) is 0 Å². The summed E-state index contributed by atoms with van der Waals surface area (Å²) in [5, 5.41) is 13.8. The molecule has 5 atom stereocenters. The molecule has 1 saturated heterocycles. The van der Waals surface area contributed by atoms with E-state index in [0.717, 1.165) is 5.56 Å². The second-order valence-electron chi connectivity index (χ2n) is 16.0. The Bertz CT molecular complexity index is 2500. The first-order chi connectivity index (χ1) is 32.5. The van der Waals surface area contributed by atoms with E-state index < -0.39 is 75.4 Å². The van der Waals surface area contributed by atoms with Crippen molar-refractivity contribution in [3.8, 4) is 17.6 Å². The highest BCUT2D eigenvalue weighted by Crippen LogP contribution is 2.51. The fourth-order valence-electron chi connectivity index (χ4n) is 7.85. The molecule has 5 aromatic rings. The highest BCUT2D eigenvalue weighted by molar-refractivity contribution is 7.44. The Kier molecular flexibility index (Phi) is 17.3. The third kappa shape index (κ3) is 11.8. The Hall–Kier alpha value is -5.98.